The van der Waals surface area contributed by atoms with E-state index in [1.165, 1.54) is 19.3 Å². The Kier molecular flexibility index (Phi) is 3.60. The highest BCUT2D eigenvalue weighted by Crippen LogP contribution is 2.37. The zero-order valence-corrected chi connectivity index (χ0v) is 11.3. The van der Waals surface area contributed by atoms with Crippen molar-refractivity contribution in [2.24, 2.45) is 5.92 Å². The minimum Gasteiger partial charge on any atom is -0.309 e. The van der Waals surface area contributed by atoms with Crippen LogP contribution in [0.2, 0.25) is 0 Å². The van der Waals surface area contributed by atoms with Gasteiger partial charge in [-0.3, -0.25) is 0 Å². The molecule has 4 heteroatoms. The molecule has 1 aliphatic carbocycles. The number of aromatic nitrogens is 3. The van der Waals surface area contributed by atoms with Gasteiger partial charge < -0.3 is 5.32 Å². The van der Waals surface area contributed by atoms with Crippen LogP contribution in [0.25, 0.3) is 5.69 Å². The Balaban J connectivity index is 1.78. The lowest BCUT2D eigenvalue weighted by Crippen LogP contribution is -2.22. The lowest BCUT2D eigenvalue weighted by Gasteiger charge is -2.14. The molecule has 19 heavy (non-hydrogen) atoms. The Bertz CT molecular complexity index is 516. The van der Waals surface area contributed by atoms with Crippen LogP contribution in [0.15, 0.2) is 36.5 Å². The van der Waals surface area contributed by atoms with Crippen LogP contribution in [0.4, 0.5) is 0 Å². The van der Waals surface area contributed by atoms with Crippen LogP contribution in [0.5, 0.6) is 0 Å². The summed E-state index contributed by atoms with van der Waals surface area (Å²) in [6, 6.07) is 10.4. The molecule has 100 valence electrons. The van der Waals surface area contributed by atoms with Gasteiger partial charge in [0.05, 0.1) is 17.9 Å². The van der Waals surface area contributed by atoms with Crippen LogP contribution in [0.1, 0.15) is 37.9 Å². The van der Waals surface area contributed by atoms with Crippen molar-refractivity contribution in [2.75, 3.05) is 6.54 Å². The number of nitrogens with one attached hydrogen (secondary N) is 1. The van der Waals surface area contributed by atoms with Gasteiger partial charge >= 0.3 is 0 Å². The topological polar surface area (TPSA) is 42.7 Å². The summed E-state index contributed by atoms with van der Waals surface area (Å²) in [5.41, 5.74) is 2.06. The maximum atomic E-state index is 4.62. The summed E-state index contributed by atoms with van der Waals surface area (Å²) in [6.07, 6.45) is 5.81. The van der Waals surface area contributed by atoms with Gasteiger partial charge in [0.15, 0.2) is 0 Å². The third kappa shape index (κ3) is 3.01. The monoisotopic (exact) mass is 256 g/mol. The Morgan fingerprint density at radius 3 is 2.79 bits per heavy atom. The molecule has 0 spiro atoms. The zero-order valence-electron chi connectivity index (χ0n) is 11.3. The van der Waals surface area contributed by atoms with Gasteiger partial charge in [0, 0.05) is 0 Å². The van der Waals surface area contributed by atoms with E-state index < -0.39 is 0 Å². The van der Waals surface area contributed by atoms with Crippen molar-refractivity contribution in [3.8, 4) is 5.69 Å². The zero-order chi connectivity index (χ0) is 13.1. The maximum absolute atomic E-state index is 4.62. The lowest BCUT2D eigenvalue weighted by atomic mass is 10.1. The van der Waals surface area contributed by atoms with Gasteiger partial charge in [0.2, 0.25) is 0 Å². The summed E-state index contributed by atoms with van der Waals surface area (Å²) < 4.78 is 0. The largest absolute Gasteiger partial charge is 0.309 e. The van der Waals surface area contributed by atoms with Crippen molar-refractivity contribution < 1.29 is 0 Å². The third-order valence-corrected chi connectivity index (χ3v) is 3.57. The number of hydrogen-bond acceptors (Lipinski definition) is 3. The second-order valence-electron chi connectivity index (χ2n) is 5.18. The quantitative estimate of drug-likeness (QED) is 0.864. The van der Waals surface area contributed by atoms with Crippen LogP contribution in [-0.4, -0.2) is 21.5 Å². The van der Waals surface area contributed by atoms with Crippen molar-refractivity contribution in [1.29, 1.82) is 0 Å². The maximum Gasteiger partial charge on any atom is 0.100 e. The van der Waals surface area contributed by atoms with Gasteiger partial charge in [-0.05, 0) is 31.0 Å². The van der Waals surface area contributed by atoms with Crippen molar-refractivity contribution >= 4 is 0 Å². The molecule has 3 rings (SSSR count). The summed E-state index contributed by atoms with van der Waals surface area (Å²) >= 11 is 0. The molecule has 1 unspecified atom stereocenters. The lowest BCUT2D eigenvalue weighted by molar-refractivity contribution is 0.473. The molecule has 0 radical (unpaired) electrons. The first kappa shape index (κ1) is 12.4. The van der Waals surface area contributed by atoms with E-state index >= 15 is 0 Å². The normalized spacial score (nSPS) is 16.5. The second-order valence-corrected chi connectivity index (χ2v) is 5.18. The Morgan fingerprint density at radius 2 is 2.11 bits per heavy atom. The van der Waals surface area contributed by atoms with Crippen LogP contribution in [0, 0.1) is 5.92 Å². The average Bonchev–Trinajstić information content (AvgIpc) is 3.13. The number of para-hydroxylation sites is 1. The van der Waals surface area contributed by atoms with E-state index in [-0.39, 0.29) is 0 Å². The highest BCUT2D eigenvalue weighted by molar-refractivity contribution is 5.28. The summed E-state index contributed by atoms with van der Waals surface area (Å²) in [6.45, 7) is 3.11. The van der Waals surface area contributed by atoms with E-state index in [9.17, 15) is 0 Å². The number of rotatable bonds is 6. The van der Waals surface area contributed by atoms with Crippen molar-refractivity contribution in [3.63, 3.8) is 0 Å². The van der Waals surface area contributed by atoms with Crippen LogP contribution in [0.3, 0.4) is 0 Å². The second kappa shape index (κ2) is 5.53. The van der Waals surface area contributed by atoms with E-state index in [1.54, 1.807) is 4.80 Å². The molecular formula is C15H20N4. The minimum atomic E-state index is 0.343. The molecule has 0 bridgehead atoms. The molecule has 0 aliphatic heterocycles. The van der Waals surface area contributed by atoms with Crippen LogP contribution in [-0.2, 0) is 0 Å². The molecule has 1 aromatic heterocycles. The minimum absolute atomic E-state index is 0.343. The molecule has 1 N–H and O–H groups in total. The Hall–Kier alpha value is -1.68. The predicted molar refractivity (Wildman–Crippen MR) is 75.1 cm³/mol. The first-order valence-corrected chi connectivity index (χ1v) is 7.08. The van der Waals surface area contributed by atoms with Gasteiger partial charge in [-0.2, -0.15) is 15.0 Å². The van der Waals surface area contributed by atoms with Gasteiger partial charge in [-0.1, -0.05) is 38.0 Å². The molecule has 1 atom stereocenters. The molecule has 1 saturated carbocycles. The van der Waals surface area contributed by atoms with E-state index in [0.29, 0.717) is 6.04 Å². The third-order valence-electron chi connectivity index (χ3n) is 3.57. The average molecular weight is 256 g/mol. The summed E-state index contributed by atoms with van der Waals surface area (Å²) in [7, 11) is 0. The van der Waals surface area contributed by atoms with Crippen molar-refractivity contribution in [2.45, 2.75) is 32.2 Å². The first-order valence-electron chi connectivity index (χ1n) is 7.08. The number of hydrogen-bond donors (Lipinski definition) is 1. The fourth-order valence-electron chi connectivity index (χ4n) is 2.36. The van der Waals surface area contributed by atoms with E-state index in [2.05, 4.69) is 22.4 Å². The van der Waals surface area contributed by atoms with E-state index in [0.717, 1.165) is 23.8 Å². The summed E-state index contributed by atoms with van der Waals surface area (Å²) in [5, 5.41) is 12.5. The van der Waals surface area contributed by atoms with Crippen molar-refractivity contribution in [1.82, 2.24) is 20.3 Å². The fraction of sp³-hybridized carbons (Fsp3) is 0.467. The highest BCUT2D eigenvalue weighted by Gasteiger charge is 2.27. The summed E-state index contributed by atoms with van der Waals surface area (Å²) in [5.74, 6) is 0.880. The molecule has 0 amide bonds. The molecule has 1 heterocycles. The predicted octanol–water partition coefficient (Wildman–Crippen LogP) is 2.72. The fourth-order valence-corrected chi connectivity index (χ4v) is 2.36. The van der Waals surface area contributed by atoms with Gasteiger partial charge in [-0.15, -0.1) is 0 Å². The molecule has 1 aromatic carbocycles. The molecule has 1 aliphatic rings. The highest BCUT2D eigenvalue weighted by atomic mass is 15.5. The number of benzene rings is 1. The van der Waals surface area contributed by atoms with Gasteiger partial charge in [-0.25, -0.2) is 0 Å². The first-order chi connectivity index (χ1) is 9.36. The Labute approximate surface area is 113 Å². The number of nitrogens with zero attached hydrogens (tertiary/aromatic N) is 3. The molecule has 4 nitrogen and oxygen atoms in total. The van der Waals surface area contributed by atoms with Gasteiger partial charge in [0.25, 0.3) is 0 Å². The summed E-state index contributed by atoms with van der Waals surface area (Å²) in [4.78, 5) is 1.71. The SMILES string of the molecule is CCNC(CC1CC1)c1cnn(-c2ccccc2)n1. The van der Waals surface area contributed by atoms with Gasteiger partial charge in [0.1, 0.15) is 5.69 Å². The molecule has 0 saturated heterocycles. The molecule has 2 aromatic rings. The van der Waals surface area contributed by atoms with E-state index in [4.69, 9.17) is 0 Å². The molecular weight excluding hydrogens is 236 g/mol. The Morgan fingerprint density at radius 1 is 1.32 bits per heavy atom. The van der Waals surface area contributed by atoms with Crippen molar-refractivity contribution in [3.05, 3.63) is 42.2 Å². The van der Waals surface area contributed by atoms with E-state index in [1.807, 2.05) is 36.5 Å². The van der Waals surface area contributed by atoms with Crippen LogP contribution >= 0.6 is 0 Å². The standard InChI is InChI=1S/C15H20N4/c1-2-16-14(10-12-8-9-12)15-11-17-19(18-15)13-6-4-3-5-7-13/h3-7,11-12,14,16H,2,8-10H2,1H3. The van der Waals surface area contributed by atoms with Crippen LogP contribution < -0.4 is 5.32 Å². The molecule has 1 fully saturated rings. The smallest absolute Gasteiger partial charge is 0.100 e.